The normalized spacial score (nSPS) is 15.0. The summed E-state index contributed by atoms with van der Waals surface area (Å²) in [6, 6.07) is 9.59. The second-order valence-corrected chi connectivity index (χ2v) is 8.12. The third-order valence-electron chi connectivity index (χ3n) is 5.26. The van der Waals surface area contributed by atoms with Gasteiger partial charge in [0, 0.05) is 30.0 Å². The standard InChI is InChI=1S/C22H22N2O3S/c1-14-5-6-17(15(2)12-14)20(25)16-7-9-24(10-8-16)22(26)18-13-28-21(23-18)19-4-3-11-27-19/h3-6,11-13,16H,7-10H2,1-2H3. The maximum atomic E-state index is 12.9. The third kappa shape index (κ3) is 3.64. The Balaban J connectivity index is 1.40. The lowest BCUT2D eigenvalue weighted by Crippen LogP contribution is -2.40. The summed E-state index contributed by atoms with van der Waals surface area (Å²) in [6.45, 7) is 5.17. The minimum absolute atomic E-state index is 0.0282. The number of aromatic nitrogens is 1. The molecule has 5 nitrogen and oxygen atoms in total. The highest BCUT2D eigenvalue weighted by molar-refractivity contribution is 7.13. The lowest BCUT2D eigenvalue weighted by atomic mass is 9.87. The first-order valence-electron chi connectivity index (χ1n) is 9.43. The van der Waals surface area contributed by atoms with Crippen LogP contribution in [0.25, 0.3) is 10.8 Å². The van der Waals surface area contributed by atoms with Crippen LogP contribution < -0.4 is 0 Å². The Kier molecular flexibility index (Phi) is 5.13. The van der Waals surface area contributed by atoms with Crippen molar-refractivity contribution in [3.8, 4) is 10.8 Å². The van der Waals surface area contributed by atoms with E-state index in [1.165, 1.54) is 11.3 Å². The van der Waals surface area contributed by atoms with E-state index in [0.717, 1.165) is 16.7 Å². The molecule has 0 bridgehead atoms. The second kappa shape index (κ2) is 7.72. The molecule has 0 aliphatic carbocycles. The Morgan fingerprint density at radius 1 is 1.18 bits per heavy atom. The smallest absolute Gasteiger partial charge is 0.273 e. The van der Waals surface area contributed by atoms with Crippen LogP contribution in [-0.4, -0.2) is 34.7 Å². The zero-order chi connectivity index (χ0) is 19.7. The van der Waals surface area contributed by atoms with E-state index < -0.39 is 0 Å². The van der Waals surface area contributed by atoms with Crippen molar-refractivity contribution >= 4 is 23.0 Å². The highest BCUT2D eigenvalue weighted by atomic mass is 32.1. The molecule has 0 radical (unpaired) electrons. The number of benzene rings is 1. The highest BCUT2D eigenvalue weighted by Crippen LogP contribution is 2.27. The largest absolute Gasteiger partial charge is 0.462 e. The fourth-order valence-corrected chi connectivity index (χ4v) is 4.46. The molecule has 1 aliphatic heterocycles. The van der Waals surface area contributed by atoms with Crippen molar-refractivity contribution in [1.82, 2.24) is 9.88 Å². The molecule has 0 spiro atoms. The molecule has 1 fully saturated rings. The van der Waals surface area contributed by atoms with E-state index >= 15 is 0 Å². The molecule has 0 saturated carbocycles. The number of rotatable bonds is 4. The van der Waals surface area contributed by atoms with E-state index in [1.807, 2.05) is 38.1 Å². The topological polar surface area (TPSA) is 63.4 Å². The van der Waals surface area contributed by atoms with E-state index in [0.29, 0.717) is 42.4 Å². The Bertz CT molecular complexity index is 999. The SMILES string of the molecule is Cc1ccc(C(=O)C2CCN(C(=O)c3csc(-c4ccco4)n3)CC2)c(C)c1. The van der Waals surface area contributed by atoms with Gasteiger partial charge in [-0.2, -0.15) is 0 Å². The van der Waals surface area contributed by atoms with E-state index in [4.69, 9.17) is 4.42 Å². The van der Waals surface area contributed by atoms with Crippen LogP contribution in [0.3, 0.4) is 0 Å². The number of likely N-dealkylation sites (tertiary alicyclic amines) is 1. The Morgan fingerprint density at radius 3 is 2.64 bits per heavy atom. The number of nitrogens with zero attached hydrogens (tertiary/aromatic N) is 2. The van der Waals surface area contributed by atoms with Gasteiger partial charge in [-0.1, -0.05) is 23.8 Å². The average Bonchev–Trinajstić information content (AvgIpc) is 3.39. The number of ketones is 1. The number of thiazole rings is 1. The Hall–Kier alpha value is -2.73. The first kappa shape index (κ1) is 18.6. The first-order valence-corrected chi connectivity index (χ1v) is 10.3. The summed E-state index contributed by atoms with van der Waals surface area (Å²) in [5.74, 6) is 0.756. The molecule has 28 heavy (non-hydrogen) atoms. The van der Waals surface area contributed by atoms with Gasteiger partial charge in [0.2, 0.25) is 0 Å². The monoisotopic (exact) mass is 394 g/mol. The van der Waals surface area contributed by atoms with E-state index in [2.05, 4.69) is 4.98 Å². The highest BCUT2D eigenvalue weighted by Gasteiger charge is 2.30. The number of amides is 1. The average molecular weight is 394 g/mol. The predicted octanol–water partition coefficient (Wildman–Crippen LogP) is 4.76. The molecule has 0 unspecified atom stereocenters. The molecular weight excluding hydrogens is 372 g/mol. The minimum Gasteiger partial charge on any atom is -0.462 e. The zero-order valence-electron chi connectivity index (χ0n) is 16.0. The van der Waals surface area contributed by atoms with Gasteiger partial charge in [-0.25, -0.2) is 4.98 Å². The molecule has 1 saturated heterocycles. The lowest BCUT2D eigenvalue weighted by molar-refractivity contribution is 0.0646. The summed E-state index contributed by atoms with van der Waals surface area (Å²) in [5.41, 5.74) is 3.43. The van der Waals surface area contributed by atoms with Crippen molar-refractivity contribution in [1.29, 1.82) is 0 Å². The fraction of sp³-hybridized carbons (Fsp3) is 0.318. The molecular formula is C22H22N2O3S. The fourth-order valence-electron chi connectivity index (χ4n) is 3.70. The summed E-state index contributed by atoms with van der Waals surface area (Å²) in [6.07, 6.45) is 2.97. The molecule has 2 aromatic heterocycles. The van der Waals surface area contributed by atoms with Gasteiger partial charge in [0.1, 0.15) is 5.69 Å². The van der Waals surface area contributed by atoms with Gasteiger partial charge in [0.05, 0.1) is 6.26 Å². The van der Waals surface area contributed by atoms with Gasteiger partial charge in [0.25, 0.3) is 5.91 Å². The number of carbonyl (C=O) groups excluding carboxylic acids is 2. The summed E-state index contributed by atoms with van der Waals surface area (Å²) >= 11 is 1.40. The first-order chi connectivity index (χ1) is 13.5. The van der Waals surface area contributed by atoms with Crippen LogP contribution in [0.15, 0.2) is 46.4 Å². The number of aryl methyl sites for hydroxylation is 2. The molecule has 144 valence electrons. The quantitative estimate of drug-likeness (QED) is 0.599. The number of Topliss-reactive ketones (excluding diaryl/α,β-unsaturated/α-hetero) is 1. The van der Waals surface area contributed by atoms with Crippen LogP contribution in [0.4, 0.5) is 0 Å². The van der Waals surface area contributed by atoms with Crippen molar-refractivity contribution < 1.29 is 14.0 Å². The molecule has 1 aromatic carbocycles. The van der Waals surface area contributed by atoms with Crippen molar-refractivity contribution in [2.24, 2.45) is 5.92 Å². The van der Waals surface area contributed by atoms with Gasteiger partial charge in [-0.3, -0.25) is 9.59 Å². The Labute approximate surface area is 168 Å². The number of piperidine rings is 1. The number of carbonyl (C=O) groups is 2. The van der Waals surface area contributed by atoms with Gasteiger partial charge in [-0.05, 0) is 44.4 Å². The molecule has 6 heteroatoms. The molecule has 1 aliphatic rings. The van der Waals surface area contributed by atoms with Crippen molar-refractivity contribution in [2.45, 2.75) is 26.7 Å². The minimum atomic E-state index is -0.0773. The van der Waals surface area contributed by atoms with Crippen LogP contribution in [0.1, 0.15) is 44.8 Å². The van der Waals surface area contributed by atoms with Crippen molar-refractivity contribution in [3.05, 3.63) is 64.4 Å². The number of hydrogen-bond acceptors (Lipinski definition) is 5. The van der Waals surface area contributed by atoms with Gasteiger partial charge < -0.3 is 9.32 Å². The maximum absolute atomic E-state index is 12.9. The summed E-state index contributed by atoms with van der Waals surface area (Å²) in [5, 5.41) is 2.47. The third-order valence-corrected chi connectivity index (χ3v) is 6.11. The summed E-state index contributed by atoms with van der Waals surface area (Å²) in [7, 11) is 0. The summed E-state index contributed by atoms with van der Waals surface area (Å²) < 4.78 is 5.34. The van der Waals surface area contributed by atoms with Crippen LogP contribution in [-0.2, 0) is 0 Å². The number of hydrogen-bond donors (Lipinski definition) is 0. The van der Waals surface area contributed by atoms with E-state index in [9.17, 15) is 9.59 Å². The van der Waals surface area contributed by atoms with Crippen molar-refractivity contribution in [2.75, 3.05) is 13.1 Å². The zero-order valence-corrected chi connectivity index (χ0v) is 16.8. The van der Waals surface area contributed by atoms with Gasteiger partial charge in [-0.15, -0.1) is 11.3 Å². The van der Waals surface area contributed by atoms with Gasteiger partial charge >= 0.3 is 0 Å². The molecule has 3 aromatic rings. The number of furan rings is 1. The van der Waals surface area contributed by atoms with E-state index in [-0.39, 0.29) is 17.6 Å². The van der Waals surface area contributed by atoms with Crippen LogP contribution in [0.2, 0.25) is 0 Å². The molecule has 0 atom stereocenters. The van der Waals surface area contributed by atoms with E-state index in [1.54, 1.807) is 22.6 Å². The molecule has 1 amide bonds. The molecule has 4 rings (SSSR count). The predicted molar refractivity (Wildman–Crippen MR) is 109 cm³/mol. The lowest BCUT2D eigenvalue weighted by Gasteiger charge is -2.31. The van der Waals surface area contributed by atoms with Crippen LogP contribution >= 0.6 is 11.3 Å². The van der Waals surface area contributed by atoms with Gasteiger partial charge in [0.15, 0.2) is 16.6 Å². The second-order valence-electron chi connectivity index (χ2n) is 7.26. The van der Waals surface area contributed by atoms with Crippen LogP contribution in [0.5, 0.6) is 0 Å². The maximum Gasteiger partial charge on any atom is 0.273 e. The summed E-state index contributed by atoms with van der Waals surface area (Å²) in [4.78, 5) is 31.9. The van der Waals surface area contributed by atoms with Crippen LogP contribution in [0, 0.1) is 19.8 Å². The Morgan fingerprint density at radius 2 is 1.96 bits per heavy atom. The molecule has 0 N–H and O–H groups in total. The molecule has 3 heterocycles. The van der Waals surface area contributed by atoms with Crippen molar-refractivity contribution in [3.63, 3.8) is 0 Å².